The molecule has 1 aliphatic heterocycles. The second-order valence-electron chi connectivity index (χ2n) is 8.71. The number of rotatable bonds is 6. The zero-order chi connectivity index (χ0) is 19.4. The summed E-state index contributed by atoms with van der Waals surface area (Å²) in [7, 11) is -1.91. The van der Waals surface area contributed by atoms with Crippen LogP contribution in [0.3, 0.4) is 0 Å². The van der Waals surface area contributed by atoms with Crippen LogP contribution in [-0.4, -0.2) is 48.4 Å². The van der Waals surface area contributed by atoms with Crippen molar-refractivity contribution < 1.29 is 14.3 Å². The number of nitrogens with zero attached hydrogens (tertiary/aromatic N) is 2. The predicted octanol–water partition coefficient (Wildman–Crippen LogP) is 3.98. The molecule has 5 nitrogen and oxygen atoms in total. The van der Waals surface area contributed by atoms with Crippen LogP contribution in [0.2, 0.25) is 18.1 Å². The lowest BCUT2D eigenvalue weighted by molar-refractivity contribution is 0.0571. The first-order valence-corrected chi connectivity index (χ1v) is 12.6. The Bertz CT molecular complexity index is 611. The SMILES string of the molecule is CC(C)(C)[Si](C)(C)OCc1ncccc1C(=O)N1CCCC[C@H]1CCO. The summed E-state index contributed by atoms with van der Waals surface area (Å²) >= 11 is 0. The molecule has 6 heteroatoms. The summed E-state index contributed by atoms with van der Waals surface area (Å²) in [6.07, 6.45) is 5.46. The molecule has 2 heterocycles. The van der Waals surface area contributed by atoms with E-state index in [1.165, 1.54) is 0 Å². The number of carbonyl (C=O) groups excluding carboxylic acids is 1. The summed E-state index contributed by atoms with van der Waals surface area (Å²) in [5, 5.41) is 9.44. The van der Waals surface area contributed by atoms with Crippen molar-refractivity contribution in [3.63, 3.8) is 0 Å². The van der Waals surface area contributed by atoms with Gasteiger partial charge >= 0.3 is 0 Å². The van der Waals surface area contributed by atoms with Crippen LogP contribution in [0.15, 0.2) is 18.3 Å². The first kappa shape index (κ1) is 21.1. The lowest BCUT2D eigenvalue weighted by Gasteiger charge is -2.37. The lowest BCUT2D eigenvalue weighted by atomic mass is 9.98. The van der Waals surface area contributed by atoms with Crippen LogP contribution in [-0.2, 0) is 11.0 Å². The van der Waals surface area contributed by atoms with Crippen LogP contribution >= 0.6 is 0 Å². The summed E-state index contributed by atoms with van der Waals surface area (Å²) in [6, 6.07) is 3.79. The largest absolute Gasteiger partial charge is 0.411 e. The zero-order valence-corrected chi connectivity index (χ0v) is 17.9. The molecule has 1 N–H and O–H groups in total. The van der Waals surface area contributed by atoms with E-state index in [2.05, 4.69) is 38.8 Å². The van der Waals surface area contributed by atoms with Crippen molar-refractivity contribution in [2.45, 2.75) is 77.2 Å². The van der Waals surface area contributed by atoms with Crippen LogP contribution in [0.25, 0.3) is 0 Å². The molecule has 1 saturated heterocycles. The van der Waals surface area contributed by atoms with Gasteiger partial charge < -0.3 is 14.4 Å². The Morgan fingerprint density at radius 1 is 1.38 bits per heavy atom. The molecule has 1 atom stereocenters. The fraction of sp³-hybridized carbons (Fsp3) is 0.700. The average Bonchev–Trinajstić information content (AvgIpc) is 2.59. The molecule has 0 spiro atoms. The van der Waals surface area contributed by atoms with Crippen molar-refractivity contribution in [2.24, 2.45) is 0 Å². The third kappa shape index (κ3) is 4.93. The Morgan fingerprint density at radius 2 is 2.12 bits per heavy atom. The van der Waals surface area contributed by atoms with Gasteiger partial charge in [-0.05, 0) is 55.9 Å². The van der Waals surface area contributed by atoms with E-state index >= 15 is 0 Å². The van der Waals surface area contributed by atoms with E-state index in [0.717, 1.165) is 31.5 Å². The molecule has 0 bridgehead atoms. The third-order valence-corrected chi connectivity index (χ3v) is 10.3. The van der Waals surface area contributed by atoms with Crippen LogP contribution in [0.4, 0.5) is 0 Å². The summed E-state index contributed by atoms with van der Waals surface area (Å²) < 4.78 is 6.30. The average molecular weight is 379 g/mol. The molecule has 1 aromatic rings. The minimum Gasteiger partial charge on any atom is -0.411 e. The molecule has 1 aliphatic rings. The maximum absolute atomic E-state index is 13.2. The highest BCUT2D eigenvalue weighted by molar-refractivity contribution is 6.74. The molecule has 2 rings (SSSR count). The van der Waals surface area contributed by atoms with E-state index in [9.17, 15) is 9.90 Å². The number of hydrogen-bond acceptors (Lipinski definition) is 4. The molecule has 1 fully saturated rings. The number of carbonyl (C=O) groups is 1. The Labute approximate surface area is 158 Å². The van der Waals surface area contributed by atoms with E-state index in [-0.39, 0.29) is 23.6 Å². The van der Waals surface area contributed by atoms with Crippen molar-refractivity contribution in [1.29, 1.82) is 0 Å². The van der Waals surface area contributed by atoms with Gasteiger partial charge in [-0.25, -0.2) is 0 Å². The quantitative estimate of drug-likeness (QED) is 0.761. The van der Waals surface area contributed by atoms with Crippen molar-refractivity contribution in [3.8, 4) is 0 Å². The Kier molecular flexibility index (Phi) is 6.99. The highest BCUT2D eigenvalue weighted by Gasteiger charge is 2.37. The van der Waals surface area contributed by atoms with Gasteiger partial charge in [-0.3, -0.25) is 9.78 Å². The van der Waals surface area contributed by atoms with Gasteiger partial charge in [-0.2, -0.15) is 0 Å². The van der Waals surface area contributed by atoms with E-state index in [1.54, 1.807) is 6.20 Å². The van der Waals surface area contributed by atoms with E-state index in [4.69, 9.17) is 4.43 Å². The summed E-state index contributed by atoms with van der Waals surface area (Å²) in [5.41, 5.74) is 1.35. The highest BCUT2D eigenvalue weighted by Crippen LogP contribution is 2.37. The van der Waals surface area contributed by atoms with Crippen molar-refractivity contribution in [2.75, 3.05) is 13.2 Å². The number of amides is 1. The summed E-state index contributed by atoms with van der Waals surface area (Å²) in [6.45, 7) is 12.3. The van der Waals surface area contributed by atoms with Gasteiger partial charge in [0.15, 0.2) is 8.32 Å². The molecule has 0 radical (unpaired) electrons. The van der Waals surface area contributed by atoms with Gasteiger partial charge in [0.25, 0.3) is 5.91 Å². The Balaban J connectivity index is 2.18. The van der Waals surface area contributed by atoms with Crippen molar-refractivity contribution >= 4 is 14.2 Å². The monoisotopic (exact) mass is 378 g/mol. The van der Waals surface area contributed by atoms with Crippen LogP contribution in [0.1, 0.15) is 62.5 Å². The maximum Gasteiger partial charge on any atom is 0.256 e. The fourth-order valence-electron chi connectivity index (χ4n) is 3.08. The fourth-order valence-corrected chi connectivity index (χ4v) is 4.02. The van der Waals surface area contributed by atoms with E-state index in [1.807, 2.05) is 17.0 Å². The minimum absolute atomic E-state index is 0.0186. The van der Waals surface area contributed by atoms with Crippen molar-refractivity contribution in [1.82, 2.24) is 9.88 Å². The number of pyridine rings is 1. The number of aliphatic hydroxyl groups excluding tert-OH is 1. The first-order chi connectivity index (χ1) is 12.2. The first-order valence-electron chi connectivity index (χ1n) is 9.67. The van der Waals surface area contributed by atoms with Gasteiger partial charge in [0.1, 0.15) is 0 Å². The molecule has 26 heavy (non-hydrogen) atoms. The maximum atomic E-state index is 13.2. The smallest absolute Gasteiger partial charge is 0.256 e. The topological polar surface area (TPSA) is 62.7 Å². The highest BCUT2D eigenvalue weighted by atomic mass is 28.4. The third-order valence-electron chi connectivity index (χ3n) is 5.85. The molecule has 0 aromatic carbocycles. The minimum atomic E-state index is -1.91. The normalized spacial score (nSPS) is 18.8. The Hall–Kier alpha value is -1.24. The standard InChI is InChI=1S/C20H34N2O3Si/c1-20(2,3)26(4,5)25-15-18-17(10-8-12-21-18)19(24)22-13-7-6-9-16(22)11-14-23/h8,10,12,16,23H,6-7,9,11,13-15H2,1-5H3/t16-/m0/s1. The number of aliphatic hydroxyl groups is 1. The zero-order valence-electron chi connectivity index (χ0n) is 16.9. The second-order valence-corrected chi connectivity index (χ2v) is 13.5. The lowest BCUT2D eigenvalue weighted by Crippen LogP contribution is -2.44. The van der Waals surface area contributed by atoms with Crippen LogP contribution in [0.5, 0.6) is 0 Å². The molecule has 0 saturated carbocycles. The number of likely N-dealkylation sites (tertiary alicyclic amines) is 1. The van der Waals surface area contributed by atoms with Gasteiger partial charge in [-0.1, -0.05) is 20.8 Å². The Morgan fingerprint density at radius 3 is 2.77 bits per heavy atom. The van der Waals surface area contributed by atoms with E-state index < -0.39 is 8.32 Å². The molecule has 146 valence electrons. The van der Waals surface area contributed by atoms with Crippen LogP contribution < -0.4 is 0 Å². The molecule has 1 amide bonds. The predicted molar refractivity (Wildman–Crippen MR) is 107 cm³/mol. The van der Waals surface area contributed by atoms with Gasteiger partial charge in [-0.15, -0.1) is 0 Å². The van der Waals surface area contributed by atoms with Gasteiger partial charge in [0, 0.05) is 25.4 Å². The van der Waals surface area contributed by atoms with E-state index in [0.29, 0.717) is 18.6 Å². The number of piperidine rings is 1. The number of aromatic nitrogens is 1. The van der Waals surface area contributed by atoms with Crippen LogP contribution in [0, 0.1) is 0 Å². The molecular weight excluding hydrogens is 344 g/mol. The molecule has 0 unspecified atom stereocenters. The molecule has 0 aliphatic carbocycles. The molecule has 1 aromatic heterocycles. The second kappa shape index (κ2) is 8.63. The van der Waals surface area contributed by atoms with Gasteiger partial charge in [0.05, 0.1) is 17.9 Å². The van der Waals surface area contributed by atoms with Crippen molar-refractivity contribution in [3.05, 3.63) is 29.6 Å². The van der Waals surface area contributed by atoms with Gasteiger partial charge in [0.2, 0.25) is 0 Å². The summed E-state index contributed by atoms with van der Waals surface area (Å²) in [5.74, 6) is 0.0186. The summed E-state index contributed by atoms with van der Waals surface area (Å²) in [4.78, 5) is 19.6. The molecular formula is C20H34N2O3Si. The number of hydrogen-bond donors (Lipinski definition) is 1.